The van der Waals surface area contributed by atoms with Crippen molar-refractivity contribution in [2.24, 2.45) is 5.92 Å². The quantitative estimate of drug-likeness (QED) is 0.824. The zero-order valence-corrected chi connectivity index (χ0v) is 13.6. The maximum absolute atomic E-state index is 13.8. The molecular weight excluding hydrogens is 293 g/mol. The second kappa shape index (κ2) is 6.41. The number of benzene rings is 1. The molecule has 0 aliphatic heterocycles. The molecule has 0 radical (unpaired) electrons. The first-order valence-corrected chi connectivity index (χ1v) is 7.72. The molecule has 1 aliphatic rings. The summed E-state index contributed by atoms with van der Waals surface area (Å²) < 4.78 is 24.0. The Morgan fingerprint density at radius 2 is 2.17 bits per heavy atom. The van der Waals surface area contributed by atoms with Gasteiger partial charge in [0, 0.05) is 5.56 Å². The summed E-state index contributed by atoms with van der Waals surface area (Å²) in [7, 11) is 1.48. The van der Waals surface area contributed by atoms with Crippen molar-refractivity contribution in [2.75, 3.05) is 7.11 Å². The van der Waals surface area contributed by atoms with E-state index in [-0.39, 0.29) is 11.6 Å². The van der Waals surface area contributed by atoms with E-state index in [9.17, 15) is 4.39 Å². The molecule has 3 rings (SSSR count). The number of ether oxygens (including phenoxy) is 1. The Kier molecular flexibility index (Phi) is 4.33. The Morgan fingerprint density at radius 1 is 1.35 bits per heavy atom. The van der Waals surface area contributed by atoms with Crippen LogP contribution in [0.1, 0.15) is 29.0 Å². The number of hydrogen-bond acceptors (Lipinski definition) is 3. The summed E-state index contributed by atoms with van der Waals surface area (Å²) in [6.07, 6.45) is 8.23. The number of aryl methyl sites for hydroxylation is 2. The third kappa shape index (κ3) is 3.21. The number of nitrogens with zero attached hydrogens (tertiary/aromatic N) is 1. The molecule has 0 saturated heterocycles. The van der Waals surface area contributed by atoms with Crippen LogP contribution in [-0.2, 0) is 6.42 Å². The molecule has 0 spiro atoms. The monoisotopic (exact) mass is 313 g/mol. The number of rotatable bonds is 4. The van der Waals surface area contributed by atoms with Gasteiger partial charge in [-0.1, -0.05) is 29.5 Å². The molecule has 2 aromatic rings. The second-order valence-electron chi connectivity index (χ2n) is 5.89. The van der Waals surface area contributed by atoms with E-state index in [0.717, 1.165) is 41.0 Å². The largest absolute Gasteiger partial charge is 0.494 e. The zero-order valence-electron chi connectivity index (χ0n) is 13.6. The summed E-state index contributed by atoms with van der Waals surface area (Å²) in [5, 5.41) is 4.00. The fourth-order valence-corrected chi connectivity index (χ4v) is 3.04. The molecule has 4 heteroatoms. The normalized spacial score (nSPS) is 17.2. The lowest BCUT2D eigenvalue weighted by molar-refractivity contribution is 0.386. The number of allylic oxidation sites excluding steroid dienone is 4. The van der Waals surface area contributed by atoms with E-state index in [2.05, 4.69) is 23.4 Å². The predicted octanol–water partition coefficient (Wildman–Crippen LogP) is 4.64. The fourth-order valence-electron chi connectivity index (χ4n) is 3.04. The van der Waals surface area contributed by atoms with E-state index in [1.807, 2.05) is 19.9 Å². The molecule has 0 fully saturated rings. The average Bonchev–Trinajstić information content (AvgIpc) is 2.87. The minimum Gasteiger partial charge on any atom is -0.494 e. The fraction of sp³-hybridized carbons (Fsp3) is 0.316. The first kappa shape index (κ1) is 15.5. The smallest absolute Gasteiger partial charge is 0.165 e. The summed E-state index contributed by atoms with van der Waals surface area (Å²) in [5.74, 6) is 1.19. The molecule has 1 atom stereocenters. The van der Waals surface area contributed by atoms with Crippen molar-refractivity contribution in [3.8, 4) is 5.75 Å². The molecule has 0 N–H and O–H groups in total. The van der Waals surface area contributed by atoms with Gasteiger partial charge in [0.25, 0.3) is 0 Å². The van der Waals surface area contributed by atoms with Crippen LogP contribution in [0.5, 0.6) is 5.75 Å². The van der Waals surface area contributed by atoms with Gasteiger partial charge in [0.05, 0.1) is 12.8 Å². The summed E-state index contributed by atoms with van der Waals surface area (Å²) >= 11 is 0. The Labute approximate surface area is 135 Å². The van der Waals surface area contributed by atoms with Crippen molar-refractivity contribution in [1.29, 1.82) is 0 Å². The lowest BCUT2D eigenvalue weighted by atomic mass is 9.88. The van der Waals surface area contributed by atoms with Crippen molar-refractivity contribution >= 4 is 5.57 Å². The highest BCUT2D eigenvalue weighted by molar-refractivity contribution is 5.77. The number of halogens is 1. The third-order valence-corrected chi connectivity index (χ3v) is 4.22. The van der Waals surface area contributed by atoms with Crippen LogP contribution in [0.2, 0.25) is 0 Å². The number of methoxy groups -OCH3 is 1. The highest BCUT2D eigenvalue weighted by Gasteiger charge is 2.17. The van der Waals surface area contributed by atoms with Crippen LogP contribution >= 0.6 is 0 Å². The maximum atomic E-state index is 13.8. The van der Waals surface area contributed by atoms with Crippen LogP contribution in [0.25, 0.3) is 5.57 Å². The Balaban J connectivity index is 1.70. The van der Waals surface area contributed by atoms with E-state index in [1.54, 1.807) is 12.1 Å². The van der Waals surface area contributed by atoms with Gasteiger partial charge in [-0.25, -0.2) is 4.39 Å². The third-order valence-electron chi connectivity index (χ3n) is 4.22. The molecule has 23 heavy (non-hydrogen) atoms. The summed E-state index contributed by atoms with van der Waals surface area (Å²) in [4.78, 5) is 0. The van der Waals surface area contributed by atoms with Gasteiger partial charge in [-0.2, -0.15) is 0 Å². The molecule has 3 nitrogen and oxygen atoms in total. The number of aromatic nitrogens is 1. The zero-order chi connectivity index (χ0) is 16.4. The van der Waals surface area contributed by atoms with Gasteiger partial charge < -0.3 is 9.26 Å². The van der Waals surface area contributed by atoms with Crippen LogP contribution < -0.4 is 4.74 Å². The molecule has 1 unspecified atom stereocenters. The molecular formula is C19H20FNO2. The Morgan fingerprint density at radius 3 is 2.74 bits per heavy atom. The van der Waals surface area contributed by atoms with E-state index in [1.165, 1.54) is 7.11 Å². The van der Waals surface area contributed by atoms with Crippen molar-refractivity contribution in [3.63, 3.8) is 0 Å². The summed E-state index contributed by atoms with van der Waals surface area (Å²) in [6, 6.07) is 5.16. The van der Waals surface area contributed by atoms with Gasteiger partial charge in [-0.05, 0) is 55.9 Å². The number of hydrogen-bond donors (Lipinski definition) is 0. The van der Waals surface area contributed by atoms with E-state index in [0.29, 0.717) is 5.92 Å². The van der Waals surface area contributed by atoms with Crippen LogP contribution in [0, 0.1) is 25.6 Å². The minimum absolute atomic E-state index is 0.286. The Hall–Kier alpha value is -2.36. The van der Waals surface area contributed by atoms with Crippen molar-refractivity contribution < 1.29 is 13.7 Å². The van der Waals surface area contributed by atoms with Gasteiger partial charge in [0.1, 0.15) is 5.76 Å². The van der Waals surface area contributed by atoms with E-state index in [4.69, 9.17) is 9.26 Å². The van der Waals surface area contributed by atoms with Crippen LogP contribution in [0.4, 0.5) is 4.39 Å². The molecule has 0 amide bonds. The highest BCUT2D eigenvalue weighted by Crippen LogP contribution is 2.30. The standard InChI is InChI=1S/C19H20FNO2/c1-12-19(13(2)23-21-12)16-7-4-14(5-8-16)10-15-6-9-18(22-3)17(20)11-15/h4,6-9,11,14H,5,10H2,1-3H3. The molecule has 1 aromatic carbocycles. The minimum atomic E-state index is -0.309. The average molecular weight is 313 g/mol. The van der Waals surface area contributed by atoms with E-state index >= 15 is 0 Å². The van der Waals surface area contributed by atoms with Gasteiger partial charge in [0.15, 0.2) is 11.6 Å². The lowest BCUT2D eigenvalue weighted by Gasteiger charge is -2.16. The van der Waals surface area contributed by atoms with Gasteiger partial charge in [-0.3, -0.25) is 0 Å². The second-order valence-corrected chi connectivity index (χ2v) is 5.89. The van der Waals surface area contributed by atoms with Crippen LogP contribution in [0.3, 0.4) is 0 Å². The molecule has 0 bridgehead atoms. The first-order chi connectivity index (χ1) is 11.1. The molecule has 1 heterocycles. The van der Waals surface area contributed by atoms with Crippen molar-refractivity contribution in [3.05, 3.63) is 64.8 Å². The topological polar surface area (TPSA) is 35.3 Å². The van der Waals surface area contributed by atoms with Gasteiger partial charge in [-0.15, -0.1) is 0 Å². The molecule has 1 aromatic heterocycles. The van der Waals surface area contributed by atoms with Crippen molar-refractivity contribution in [1.82, 2.24) is 5.16 Å². The Bertz CT molecular complexity index is 754. The predicted molar refractivity (Wildman–Crippen MR) is 87.9 cm³/mol. The molecule has 120 valence electrons. The summed E-state index contributed by atoms with van der Waals surface area (Å²) in [6.45, 7) is 3.88. The molecule has 0 saturated carbocycles. The van der Waals surface area contributed by atoms with Crippen LogP contribution in [0.15, 0.2) is 41.0 Å². The highest BCUT2D eigenvalue weighted by atomic mass is 19.1. The SMILES string of the molecule is COc1ccc(CC2C=CC(c3c(C)noc3C)=CC2)cc1F. The lowest BCUT2D eigenvalue weighted by Crippen LogP contribution is -2.05. The first-order valence-electron chi connectivity index (χ1n) is 7.72. The van der Waals surface area contributed by atoms with Crippen LogP contribution in [-0.4, -0.2) is 12.3 Å². The van der Waals surface area contributed by atoms with Crippen molar-refractivity contribution in [2.45, 2.75) is 26.7 Å². The maximum Gasteiger partial charge on any atom is 0.165 e. The molecule has 1 aliphatic carbocycles. The van der Waals surface area contributed by atoms with E-state index < -0.39 is 0 Å². The van der Waals surface area contributed by atoms with Gasteiger partial charge in [0.2, 0.25) is 0 Å². The summed E-state index contributed by atoms with van der Waals surface area (Å²) in [5.41, 5.74) is 4.12. The van der Waals surface area contributed by atoms with Gasteiger partial charge >= 0.3 is 0 Å².